The zero-order valence-corrected chi connectivity index (χ0v) is 16.6. The molecule has 1 N–H and O–H groups in total. The number of hydrogen-bond acceptors (Lipinski definition) is 3. The van der Waals surface area contributed by atoms with Crippen LogP contribution in [0.5, 0.6) is 0 Å². The van der Waals surface area contributed by atoms with Crippen LogP contribution < -0.4 is 0 Å². The van der Waals surface area contributed by atoms with Crippen LogP contribution in [-0.4, -0.2) is 53.1 Å². The van der Waals surface area contributed by atoms with Crippen molar-refractivity contribution in [2.45, 2.75) is 60.8 Å². The van der Waals surface area contributed by atoms with Crippen molar-refractivity contribution in [3.63, 3.8) is 0 Å². The summed E-state index contributed by atoms with van der Waals surface area (Å²) in [5.41, 5.74) is 0. The van der Waals surface area contributed by atoms with Crippen molar-refractivity contribution in [3.8, 4) is 0 Å². The maximum absolute atomic E-state index is 13.2. The molecular formula is C15H14F13NO3S. The van der Waals surface area contributed by atoms with E-state index in [1.165, 1.54) is 0 Å². The van der Waals surface area contributed by atoms with Crippen molar-refractivity contribution in [1.29, 1.82) is 0 Å². The third kappa shape index (κ3) is 7.07. The van der Waals surface area contributed by atoms with Crippen LogP contribution in [0.4, 0.5) is 57.1 Å². The molecule has 0 aliphatic rings. The van der Waals surface area contributed by atoms with Crippen molar-refractivity contribution < 1.29 is 70.0 Å². The Bertz CT molecular complexity index is 816. The smallest absolute Gasteiger partial charge is 0.281 e. The second kappa shape index (κ2) is 10.2. The molecule has 1 rings (SSSR count). The van der Waals surface area contributed by atoms with E-state index in [0.29, 0.717) is 0 Å². The van der Waals surface area contributed by atoms with Gasteiger partial charge in [0.05, 0.1) is 0 Å². The van der Waals surface area contributed by atoms with Crippen molar-refractivity contribution in [1.82, 2.24) is 4.98 Å². The summed E-state index contributed by atoms with van der Waals surface area (Å²) in [5.74, 6) is -29.0. The topological polar surface area (TPSA) is 67.3 Å². The predicted molar refractivity (Wildman–Crippen MR) is 85.0 cm³/mol. The molecule has 0 amide bonds. The highest BCUT2D eigenvalue weighted by Gasteiger charge is 2.88. The maximum Gasteiger partial charge on any atom is 0.438 e. The van der Waals surface area contributed by atoms with Gasteiger partial charge in [0.15, 0.2) is 0 Å². The van der Waals surface area contributed by atoms with E-state index in [9.17, 15) is 65.5 Å². The summed E-state index contributed by atoms with van der Waals surface area (Å²) >= 11 is 0. The van der Waals surface area contributed by atoms with Gasteiger partial charge < -0.3 is 0 Å². The fourth-order valence-corrected chi connectivity index (χ4v) is 2.37. The second-order valence-electron chi connectivity index (χ2n) is 6.27. The lowest BCUT2D eigenvalue weighted by molar-refractivity contribution is -0.390. The standard InChI is InChI=1S/C10H9F13O3S.C5H5N/c11-5(12,3-1-2-4-6(13,14)15)7(16,17)8(18,19)9(20,21)10(22,23)27(24,25)26;1-2-4-6-5-3-1/h1-4H2,(H,24,25,26);1-5H. The second-order valence-corrected chi connectivity index (χ2v) is 7.73. The summed E-state index contributed by atoms with van der Waals surface area (Å²) in [6.07, 6.45) is -8.65. The maximum atomic E-state index is 13.2. The monoisotopic (exact) mass is 535 g/mol. The SMILES string of the molecule is O=S(=O)(O)C(F)(F)C(F)(F)C(F)(F)C(F)(F)C(F)(F)CCCCC(F)(F)F.c1ccncc1. The van der Waals surface area contributed by atoms with Gasteiger partial charge in [-0.1, -0.05) is 6.07 Å². The highest BCUT2D eigenvalue weighted by Crippen LogP contribution is 2.58. The van der Waals surface area contributed by atoms with Crippen LogP contribution in [0.3, 0.4) is 0 Å². The molecule has 4 nitrogen and oxygen atoms in total. The lowest BCUT2D eigenvalue weighted by Gasteiger charge is -2.38. The first-order valence-electron chi connectivity index (χ1n) is 8.23. The van der Waals surface area contributed by atoms with E-state index in [0.717, 1.165) is 0 Å². The molecule has 0 aromatic carbocycles. The Kier molecular flexibility index (Phi) is 9.62. The highest BCUT2D eigenvalue weighted by atomic mass is 32.2. The van der Waals surface area contributed by atoms with Crippen LogP contribution in [0.15, 0.2) is 30.6 Å². The summed E-state index contributed by atoms with van der Waals surface area (Å²) in [4.78, 5) is 3.78. The van der Waals surface area contributed by atoms with Crippen LogP contribution in [0.2, 0.25) is 0 Å². The summed E-state index contributed by atoms with van der Waals surface area (Å²) < 4.78 is 194. The number of alkyl halides is 13. The molecule has 0 unspecified atom stereocenters. The summed E-state index contributed by atoms with van der Waals surface area (Å²) in [6.45, 7) is 0. The molecular weight excluding hydrogens is 521 g/mol. The van der Waals surface area contributed by atoms with Gasteiger partial charge in [0.2, 0.25) is 0 Å². The van der Waals surface area contributed by atoms with E-state index in [-0.39, 0.29) is 0 Å². The minimum absolute atomic E-state index is 1.31. The molecule has 0 atom stereocenters. The van der Waals surface area contributed by atoms with Gasteiger partial charge in [-0.3, -0.25) is 9.54 Å². The van der Waals surface area contributed by atoms with E-state index in [1.54, 1.807) is 12.4 Å². The summed E-state index contributed by atoms with van der Waals surface area (Å²) in [5, 5.41) is -7.29. The Balaban J connectivity index is 0.00000146. The van der Waals surface area contributed by atoms with Crippen LogP contribution in [-0.2, 0) is 10.1 Å². The van der Waals surface area contributed by atoms with Gasteiger partial charge in [0.1, 0.15) is 0 Å². The summed E-state index contributed by atoms with van der Waals surface area (Å²) in [6, 6.07) is 5.72. The van der Waals surface area contributed by atoms with Crippen LogP contribution in [0, 0.1) is 0 Å². The van der Waals surface area contributed by atoms with Gasteiger partial charge in [0.25, 0.3) is 0 Å². The zero-order valence-electron chi connectivity index (χ0n) is 15.7. The molecule has 1 aromatic rings. The largest absolute Gasteiger partial charge is 0.438 e. The van der Waals surface area contributed by atoms with E-state index in [2.05, 4.69) is 4.98 Å². The fourth-order valence-electron chi connectivity index (χ4n) is 1.91. The lowest BCUT2D eigenvalue weighted by Crippen LogP contribution is -2.68. The van der Waals surface area contributed by atoms with Gasteiger partial charge in [-0.2, -0.15) is 65.5 Å². The Morgan fingerprint density at radius 1 is 0.636 bits per heavy atom. The van der Waals surface area contributed by atoms with E-state index < -0.39 is 70.9 Å². The first-order chi connectivity index (χ1) is 14.5. The molecule has 0 spiro atoms. The molecule has 0 aliphatic carbocycles. The van der Waals surface area contributed by atoms with Crippen molar-refractivity contribution >= 4 is 10.1 Å². The van der Waals surface area contributed by atoms with Gasteiger partial charge in [-0.25, -0.2) is 0 Å². The van der Waals surface area contributed by atoms with E-state index in [1.807, 2.05) is 18.2 Å². The lowest BCUT2D eigenvalue weighted by atomic mass is 9.94. The molecule has 0 fully saturated rings. The minimum Gasteiger partial charge on any atom is -0.281 e. The molecule has 18 heteroatoms. The molecule has 33 heavy (non-hydrogen) atoms. The van der Waals surface area contributed by atoms with Crippen molar-refractivity contribution in [3.05, 3.63) is 30.6 Å². The molecule has 194 valence electrons. The van der Waals surface area contributed by atoms with Crippen LogP contribution in [0.1, 0.15) is 25.7 Å². The third-order valence-electron chi connectivity index (χ3n) is 3.71. The van der Waals surface area contributed by atoms with Gasteiger partial charge in [-0.05, 0) is 25.0 Å². The first-order valence-corrected chi connectivity index (χ1v) is 9.67. The molecule has 0 radical (unpaired) electrons. The molecule has 1 heterocycles. The number of hydrogen-bond donors (Lipinski definition) is 1. The van der Waals surface area contributed by atoms with E-state index in [4.69, 9.17) is 4.55 Å². The van der Waals surface area contributed by atoms with Gasteiger partial charge in [0, 0.05) is 25.2 Å². The van der Waals surface area contributed by atoms with Gasteiger partial charge in [-0.15, -0.1) is 0 Å². The van der Waals surface area contributed by atoms with Crippen molar-refractivity contribution in [2.75, 3.05) is 0 Å². The van der Waals surface area contributed by atoms with Gasteiger partial charge >= 0.3 is 45.2 Å². The normalized spacial score (nSPS) is 14.5. The highest BCUT2D eigenvalue weighted by molar-refractivity contribution is 7.87. The number of nitrogens with zero attached hydrogens (tertiary/aromatic N) is 1. The predicted octanol–water partition coefficient (Wildman–Crippen LogP) is 6.21. The Labute approximate surface area is 177 Å². The van der Waals surface area contributed by atoms with Crippen molar-refractivity contribution in [2.24, 2.45) is 0 Å². The first kappa shape index (κ1) is 31.1. The Morgan fingerprint density at radius 2 is 1.06 bits per heavy atom. The van der Waals surface area contributed by atoms with E-state index >= 15 is 0 Å². The Hall–Kier alpha value is -1.85. The average Bonchev–Trinajstić information content (AvgIpc) is 2.65. The minimum atomic E-state index is -7.73. The number of rotatable bonds is 9. The number of pyridine rings is 1. The fraction of sp³-hybridized carbons (Fsp3) is 0.667. The number of aromatic nitrogens is 1. The van der Waals surface area contributed by atoms with Crippen LogP contribution in [0.25, 0.3) is 0 Å². The quantitative estimate of drug-likeness (QED) is 0.232. The molecule has 0 saturated heterocycles. The van der Waals surface area contributed by atoms with Crippen LogP contribution >= 0.6 is 0 Å². The molecule has 0 aliphatic heterocycles. The third-order valence-corrected chi connectivity index (χ3v) is 4.61. The number of halogens is 13. The molecule has 1 aromatic heterocycles. The molecule has 0 saturated carbocycles. The Morgan fingerprint density at radius 3 is 1.36 bits per heavy atom. The molecule has 0 bridgehead atoms. The zero-order chi connectivity index (χ0) is 26.6. The number of unbranched alkanes of at least 4 members (excludes halogenated alkanes) is 1. The average molecular weight is 535 g/mol. The summed E-state index contributed by atoms with van der Waals surface area (Å²) in [7, 11) is -7.45.